The number of carbonyl (C=O) groups is 1. The van der Waals surface area contributed by atoms with E-state index in [4.69, 9.17) is 4.74 Å². The fraction of sp³-hybridized carbons (Fsp3) is 0.500. The summed E-state index contributed by atoms with van der Waals surface area (Å²) in [7, 11) is 5.27. The maximum Gasteiger partial charge on any atom is 0.243 e. The number of nitrogens with zero attached hydrogens (tertiary/aromatic N) is 3. The minimum absolute atomic E-state index is 0. The van der Waals surface area contributed by atoms with Gasteiger partial charge in [-0.3, -0.25) is 4.79 Å². The molecule has 8 heteroatoms. The molecule has 0 atom stereocenters. The first-order valence-electron chi connectivity index (χ1n) is 7.52. The fourth-order valence-corrected chi connectivity index (χ4v) is 1.69. The smallest absolute Gasteiger partial charge is 0.243 e. The maximum atomic E-state index is 12.8. The summed E-state index contributed by atoms with van der Waals surface area (Å²) in [5, 5.41) is 3.13. The first kappa shape index (κ1) is 22.4. The van der Waals surface area contributed by atoms with Crippen molar-refractivity contribution in [1.82, 2.24) is 15.1 Å². The first-order chi connectivity index (χ1) is 10.9. The van der Waals surface area contributed by atoms with Gasteiger partial charge in [0.05, 0.1) is 6.54 Å². The minimum Gasteiger partial charge on any atom is -0.492 e. The third-order valence-electron chi connectivity index (χ3n) is 3.07. The van der Waals surface area contributed by atoms with Gasteiger partial charge in [0.1, 0.15) is 24.7 Å². The van der Waals surface area contributed by atoms with Gasteiger partial charge in [0, 0.05) is 27.7 Å². The zero-order valence-electron chi connectivity index (χ0n) is 14.6. The Hall–Kier alpha value is -1.58. The van der Waals surface area contributed by atoms with Gasteiger partial charge in [0.15, 0.2) is 5.96 Å². The molecule has 0 unspecified atom stereocenters. The quantitative estimate of drug-likeness (QED) is 0.390. The Kier molecular flexibility index (Phi) is 11.1. The van der Waals surface area contributed by atoms with Crippen molar-refractivity contribution in [2.75, 3.05) is 47.4 Å². The first-order valence-corrected chi connectivity index (χ1v) is 7.52. The maximum absolute atomic E-state index is 12.8. The minimum atomic E-state index is -0.290. The topological polar surface area (TPSA) is 57.2 Å². The summed E-state index contributed by atoms with van der Waals surface area (Å²) < 4.78 is 18.4. The summed E-state index contributed by atoms with van der Waals surface area (Å²) in [5.41, 5.74) is 0. The molecule has 1 rings (SSSR count). The molecule has 0 radical (unpaired) electrons. The van der Waals surface area contributed by atoms with Crippen molar-refractivity contribution < 1.29 is 13.9 Å². The van der Waals surface area contributed by atoms with Crippen LogP contribution in [0.3, 0.4) is 0 Å². The third kappa shape index (κ3) is 8.32. The number of likely N-dealkylation sites (N-methyl/N-ethyl adjacent to an activating group) is 2. The molecule has 1 aromatic carbocycles. The highest BCUT2D eigenvalue weighted by Crippen LogP contribution is 2.10. The number of ether oxygens (including phenoxy) is 1. The highest BCUT2D eigenvalue weighted by Gasteiger charge is 2.08. The Balaban J connectivity index is 0.00000529. The van der Waals surface area contributed by atoms with E-state index in [0.29, 0.717) is 31.4 Å². The van der Waals surface area contributed by atoms with Crippen LogP contribution in [0.1, 0.15) is 6.92 Å². The number of nitrogens with one attached hydrogen (secondary N) is 1. The molecular formula is C16H26FIN4O2. The van der Waals surface area contributed by atoms with Crippen LogP contribution in [-0.4, -0.2) is 69.1 Å². The lowest BCUT2D eigenvalue weighted by atomic mass is 10.3. The molecule has 1 aromatic rings. The van der Waals surface area contributed by atoms with Gasteiger partial charge in [0.25, 0.3) is 0 Å². The molecule has 24 heavy (non-hydrogen) atoms. The lowest BCUT2D eigenvalue weighted by molar-refractivity contribution is -0.127. The second-order valence-corrected chi connectivity index (χ2v) is 5.18. The van der Waals surface area contributed by atoms with Crippen molar-refractivity contribution in [3.8, 4) is 5.75 Å². The zero-order chi connectivity index (χ0) is 17.2. The monoisotopic (exact) mass is 452 g/mol. The van der Waals surface area contributed by atoms with Crippen molar-refractivity contribution in [2.24, 2.45) is 4.99 Å². The number of halogens is 2. The van der Waals surface area contributed by atoms with Crippen molar-refractivity contribution in [1.29, 1.82) is 0 Å². The van der Waals surface area contributed by atoms with Crippen molar-refractivity contribution in [3.05, 3.63) is 30.1 Å². The SMILES string of the molecule is CCNC(=NCC(=O)N(C)C)N(C)CCOc1ccc(F)cc1.I. The van der Waals surface area contributed by atoms with E-state index in [-0.39, 0.29) is 42.2 Å². The van der Waals surface area contributed by atoms with Gasteiger partial charge in [-0.1, -0.05) is 0 Å². The summed E-state index contributed by atoms with van der Waals surface area (Å²) in [6.07, 6.45) is 0. The molecule has 0 aliphatic rings. The largest absolute Gasteiger partial charge is 0.492 e. The van der Waals surface area contributed by atoms with E-state index in [9.17, 15) is 9.18 Å². The highest BCUT2D eigenvalue weighted by atomic mass is 127. The van der Waals surface area contributed by atoms with Gasteiger partial charge >= 0.3 is 0 Å². The average Bonchev–Trinajstić information content (AvgIpc) is 2.52. The van der Waals surface area contributed by atoms with Crippen molar-refractivity contribution >= 4 is 35.8 Å². The number of rotatable bonds is 7. The van der Waals surface area contributed by atoms with Gasteiger partial charge in [-0.05, 0) is 31.2 Å². The second kappa shape index (κ2) is 11.9. The average molecular weight is 452 g/mol. The molecule has 0 aromatic heterocycles. The molecule has 0 saturated carbocycles. The normalized spacial score (nSPS) is 10.6. The molecule has 0 bridgehead atoms. The molecule has 0 spiro atoms. The Morgan fingerprint density at radius 3 is 2.42 bits per heavy atom. The Bertz CT molecular complexity index is 523. The van der Waals surface area contributed by atoms with Crippen LogP contribution in [0, 0.1) is 5.82 Å². The molecular weight excluding hydrogens is 426 g/mol. The van der Waals surface area contributed by atoms with E-state index in [1.54, 1.807) is 26.2 Å². The number of amides is 1. The molecule has 1 N–H and O–H groups in total. The standard InChI is InChI=1S/C16H25FN4O2.HI/c1-5-18-16(19-12-15(22)20(2)3)21(4)10-11-23-14-8-6-13(17)7-9-14;/h6-9H,5,10-12H2,1-4H3,(H,18,19);1H. The van der Waals surface area contributed by atoms with E-state index in [1.165, 1.54) is 17.0 Å². The van der Waals surface area contributed by atoms with Crippen molar-refractivity contribution in [2.45, 2.75) is 6.92 Å². The van der Waals surface area contributed by atoms with Crippen LogP contribution in [-0.2, 0) is 4.79 Å². The summed E-state index contributed by atoms with van der Waals surface area (Å²) >= 11 is 0. The molecule has 136 valence electrons. The van der Waals surface area contributed by atoms with E-state index in [0.717, 1.165) is 0 Å². The van der Waals surface area contributed by atoms with E-state index in [2.05, 4.69) is 10.3 Å². The second-order valence-electron chi connectivity index (χ2n) is 5.18. The third-order valence-corrected chi connectivity index (χ3v) is 3.07. The van der Waals surface area contributed by atoms with E-state index >= 15 is 0 Å². The molecule has 6 nitrogen and oxygen atoms in total. The predicted molar refractivity (Wildman–Crippen MR) is 105 cm³/mol. The van der Waals surface area contributed by atoms with E-state index < -0.39 is 0 Å². The molecule has 0 saturated heterocycles. The fourth-order valence-electron chi connectivity index (χ4n) is 1.69. The van der Waals surface area contributed by atoms with Crippen LogP contribution < -0.4 is 10.1 Å². The van der Waals surface area contributed by atoms with Crippen LogP contribution in [0.5, 0.6) is 5.75 Å². The van der Waals surface area contributed by atoms with Gasteiger partial charge in [-0.25, -0.2) is 9.38 Å². The summed E-state index contributed by atoms with van der Waals surface area (Å²) in [6.45, 7) is 3.77. The predicted octanol–water partition coefficient (Wildman–Crippen LogP) is 1.81. The molecule has 0 aliphatic heterocycles. The number of guanidine groups is 1. The zero-order valence-corrected chi connectivity index (χ0v) is 16.9. The van der Waals surface area contributed by atoms with Crippen LogP contribution in [0.25, 0.3) is 0 Å². The van der Waals surface area contributed by atoms with Crippen LogP contribution >= 0.6 is 24.0 Å². The number of aliphatic imine (C=N–C) groups is 1. The van der Waals surface area contributed by atoms with Gasteiger partial charge in [0.2, 0.25) is 5.91 Å². The summed E-state index contributed by atoms with van der Waals surface area (Å²) in [6, 6.07) is 5.89. The highest BCUT2D eigenvalue weighted by molar-refractivity contribution is 14.0. The van der Waals surface area contributed by atoms with Crippen molar-refractivity contribution in [3.63, 3.8) is 0 Å². The summed E-state index contributed by atoms with van der Waals surface area (Å²) in [4.78, 5) is 19.3. The van der Waals surface area contributed by atoms with Crippen LogP contribution in [0.4, 0.5) is 4.39 Å². The molecule has 1 amide bonds. The molecule has 0 fully saturated rings. The number of hydrogen-bond acceptors (Lipinski definition) is 3. The molecule has 0 aliphatic carbocycles. The van der Waals surface area contributed by atoms with Gasteiger partial charge in [-0.2, -0.15) is 0 Å². The van der Waals surface area contributed by atoms with Crippen LogP contribution in [0.15, 0.2) is 29.3 Å². The number of benzene rings is 1. The Labute approximate surface area is 160 Å². The summed E-state index contributed by atoms with van der Waals surface area (Å²) in [5.74, 6) is 0.910. The number of hydrogen-bond donors (Lipinski definition) is 1. The van der Waals surface area contributed by atoms with E-state index in [1.807, 2.05) is 18.9 Å². The lowest BCUT2D eigenvalue weighted by Gasteiger charge is -2.22. The van der Waals surface area contributed by atoms with Gasteiger partial charge < -0.3 is 19.9 Å². The Morgan fingerprint density at radius 1 is 1.25 bits per heavy atom. The number of carbonyl (C=O) groups excluding carboxylic acids is 1. The Morgan fingerprint density at radius 2 is 1.88 bits per heavy atom. The van der Waals surface area contributed by atoms with Crippen LogP contribution in [0.2, 0.25) is 0 Å². The molecule has 0 heterocycles. The lowest BCUT2D eigenvalue weighted by Crippen LogP contribution is -2.41. The van der Waals surface area contributed by atoms with Gasteiger partial charge in [-0.15, -0.1) is 24.0 Å².